The molecule has 6 heteroatoms. The highest BCUT2D eigenvalue weighted by Crippen LogP contribution is 2.13. The van der Waals surface area contributed by atoms with E-state index in [4.69, 9.17) is 0 Å². The summed E-state index contributed by atoms with van der Waals surface area (Å²) >= 11 is 0. The Labute approximate surface area is 106 Å². The van der Waals surface area contributed by atoms with Crippen molar-refractivity contribution in [1.29, 1.82) is 0 Å². The van der Waals surface area contributed by atoms with Crippen LogP contribution < -0.4 is 0 Å². The van der Waals surface area contributed by atoms with Gasteiger partial charge < -0.3 is 0 Å². The molecule has 0 fully saturated rings. The summed E-state index contributed by atoms with van der Waals surface area (Å²) in [5.74, 6) is 0.121. The van der Waals surface area contributed by atoms with Gasteiger partial charge in [0.1, 0.15) is 0 Å². The molecule has 0 saturated carbocycles. The fourth-order valence-corrected chi connectivity index (χ4v) is 2.93. The van der Waals surface area contributed by atoms with Crippen LogP contribution in [0.25, 0.3) is 0 Å². The van der Waals surface area contributed by atoms with E-state index in [1.165, 1.54) is 0 Å². The third-order valence-corrected chi connectivity index (χ3v) is 4.47. The summed E-state index contributed by atoms with van der Waals surface area (Å²) in [6, 6.07) is 6.93. The Hall–Kier alpha value is -1.69. The first-order valence-corrected chi connectivity index (χ1v) is 7.37. The minimum absolute atomic E-state index is 0.121. The van der Waals surface area contributed by atoms with Crippen molar-refractivity contribution in [3.8, 4) is 0 Å². The lowest BCUT2D eigenvalue weighted by atomic mass is 10.2. The van der Waals surface area contributed by atoms with Gasteiger partial charge in [-0.1, -0.05) is 22.9 Å². The van der Waals surface area contributed by atoms with Crippen molar-refractivity contribution >= 4 is 9.84 Å². The molecule has 1 aromatic heterocycles. The summed E-state index contributed by atoms with van der Waals surface area (Å²) in [5, 5.41) is 7.46. The Morgan fingerprint density at radius 3 is 2.56 bits per heavy atom. The predicted octanol–water partition coefficient (Wildman–Crippen LogP) is 1.45. The van der Waals surface area contributed by atoms with E-state index in [0.717, 1.165) is 5.56 Å². The van der Waals surface area contributed by atoms with Gasteiger partial charge in [0.15, 0.2) is 9.84 Å². The van der Waals surface area contributed by atoms with Gasteiger partial charge in [-0.3, -0.25) is 4.68 Å². The highest BCUT2D eigenvalue weighted by molar-refractivity contribution is 7.91. The van der Waals surface area contributed by atoms with Crippen molar-refractivity contribution in [2.45, 2.75) is 24.8 Å². The minimum Gasteiger partial charge on any atom is -0.253 e. The predicted molar refractivity (Wildman–Crippen MR) is 67.9 cm³/mol. The zero-order valence-corrected chi connectivity index (χ0v) is 11.0. The molecule has 18 heavy (non-hydrogen) atoms. The Balaban J connectivity index is 1.97. The van der Waals surface area contributed by atoms with E-state index < -0.39 is 9.84 Å². The summed E-state index contributed by atoms with van der Waals surface area (Å²) < 4.78 is 25.7. The standard InChI is InChI=1S/C12H15N3O2S/c1-11-3-5-12(6-4-11)18(16,17)10-2-8-15-9-7-13-14-15/h3-7,9H,2,8,10H2,1H3. The Morgan fingerprint density at radius 1 is 1.22 bits per heavy atom. The second-order valence-corrected chi connectivity index (χ2v) is 6.26. The molecule has 0 radical (unpaired) electrons. The minimum atomic E-state index is -3.19. The van der Waals surface area contributed by atoms with E-state index in [9.17, 15) is 8.42 Å². The van der Waals surface area contributed by atoms with Crippen LogP contribution in [0, 0.1) is 6.92 Å². The van der Waals surface area contributed by atoms with Crippen molar-refractivity contribution in [2.75, 3.05) is 5.75 Å². The smallest absolute Gasteiger partial charge is 0.178 e. The topological polar surface area (TPSA) is 64.8 Å². The van der Waals surface area contributed by atoms with Crippen LogP contribution >= 0.6 is 0 Å². The molecule has 2 rings (SSSR count). The summed E-state index contributed by atoms with van der Waals surface area (Å²) in [5.41, 5.74) is 1.05. The number of hydrogen-bond acceptors (Lipinski definition) is 4. The summed E-state index contributed by atoms with van der Waals surface area (Å²) in [7, 11) is -3.19. The highest BCUT2D eigenvalue weighted by atomic mass is 32.2. The monoisotopic (exact) mass is 265 g/mol. The van der Waals surface area contributed by atoms with Crippen molar-refractivity contribution in [3.63, 3.8) is 0 Å². The van der Waals surface area contributed by atoms with Crippen LogP contribution in [0.2, 0.25) is 0 Å². The molecule has 0 unspecified atom stereocenters. The average Bonchev–Trinajstić information content (AvgIpc) is 2.82. The third-order valence-electron chi connectivity index (χ3n) is 2.65. The lowest BCUT2D eigenvalue weighted by Crippen LogP contribution is -2.10. The van der Waals surface area contributed by atoms with Crippen molar-refractivity contribution in [3.05, 3.63) is 42.2 Å². The molecule has 0 N–H and O–H groups in total. The van der Waals surface area contributed by atoms with Gasteiger partial charge in [-0.05, 0) is 25.5 Å². The number of aryl methyl sites for hydroxylation is 2. The van der Waals surface area contributed by atoms with Crippen LogP contribution in [0.5, 0.6) is 0 Å². The van der Waals surface area contributed by atoms with Gasteiger partial charge >= 0.3 is 0 Å². The maximum Gasteiger partial charge on any atom is 0.178 e. The average molecular weight is 265 g/mol. The number of benzene rings is 1. The van der Waals surface area contributed by atoms with Crippen LogP contribution in [0.15, 0.2) is 41.6 Å². The zero-order chi connectivity index (χ0) is 13.0. The van der Waals surface area contributed by atoms with Crippen LogP contribution in [0.3, 0.4) is 0 Å². The molecule has 0 bridgehead atoms. The number of nitrogens with zero attached hydrogens (tertiary/aromatic N) is 3. The number of aromatic nitrogens is 3. The van der Waals surface area contributed by atoms with Gasteiger partial charge in [0.2, 0.25) is 0 Å². The number of rotatable bonds is 5. The molecule has 0 saturated heterocycles. The molecule has 0 aliphatic rings. The lowest BCUT2D eigenvalue weighted by molar-refractivity contribution is 0.561. The van der Waals surface area contributed by atoms with Gasteiger partial charge in [-0.2, -0.15) is 0 Å². The van der Waals surface area contributed by atoms with Crippen molar-refractivity contribution < 1.29 is 8.42 Å². The van der Waals surface area contributed by atoms with Crippen molar-refractivity contribution in [2.24, 2.45) is 0 Å². The fraction of sp³-hybridized carbons (Fsp3) is 0.333. The second kappa shape index (κ2) is 5.30. The first-order chi connectivity index (χ1) is 8.58. The molecule has 0 amide bonds. The van der Waals surface area contributed by atoms with E-state index >= 15 is 0 Å². The zero-order valence-electron chi connectivity index (χ0n) is 10.2. The molecule has 2 aromatic rings. The molecule has 96 valence electrons. The van der Waals surface area contributed by atoms with E-state index in [1.54, 1.807) is 29.2 Å². The second-order valence-electron chi connectivity index (χ2n) is 4.15. The molecule has 1 heterocycles. The van der Waals surface area contributed by atoms with Gasteiger partial charge in [-0.15, -0.1) is 5.10 Å². The van der Waals surface area contributed by atoms with Crippen LogP contribution in [0.4, 0.5) is 0 Å². The lowest BCUT2D eigenvalue weighted by Gasteiger charge is -2.04. The molecule has 0 aliphatic carbocycles. The van der Waals surface area contributed by atoms with E-state index in [2.05, 4.69) is 10.3 Å². The van der Waals surface area contributed by atoms with Crippen LogP contribution in [-0.4, -0.2) is 29.2 Å². The molecule has 0 spiro atoms. The van der Waals surface area contributed by atoms with Crippen molar-refractivity contribution in [1.82, 2.24) is 15.0 Å². The molecular weight excluding hydrogens is 250 g/mol. The van der Waals surface area contributed by atoms with Gasteiger partial charge in [0.05, 0.1) is 16.8 Å². The SMILES string of the molecule is Cc1ccc(S(=O)(=O)CCCn2ccnn2)cc1. The van der Waals surface area contributed by atoms with E-state index in [1.807, 2.05) is 19.1 Å². The Kier molecular flexibility index (Phi) is 3.76. The largest absolute Gasteiger partial charge is 0.253 e. The Morgan fingerprint density at radius 2 is 1.94 bits per heavy atom. The number of sulfone groups is 1. The molecule has 0 atom stereocenters. The molecule has 1 aromatic carbocycles. The maximum absolute atomic E-state index is 12.0. The van der Waals surface area contributed by atoms with Gasteiger partial charge in [-0.25, -0.2) is 8.42 Å². The first kappa shape index (κ1) is 12.8. The molecule has 0 aliphatic heterocycles. The summed E-state index contributed by atoms with van der Waals surface area (Å²) in [4.78, 5) is 0.381. The molecular formula is C12H15N3O2S. The summed E-state index contributed by atoms with van der Waals surface area (Å²) in [6.45, 7) is 2.49. The quantitative estimate of drug-likeness (QED) is 0.820. The first-order valence-electron chi connectivity index (χ1n) is 5.71. The van der Waals surface area contributed by atoms with Gasteiger partial charge in [0.25, 0.3) is 0 Å². The Bertz CT molecular complexity index is 589. The maximum atomic E-state index is 12.0. The number of hydrogen-bond donors (Lipinski definition) is 0. The van der Waals surface area contributed by atoms with Crippen LogP contribution in [-0.2, 0) is 16.4 Å². The summed E-state index contributed by atoms with van der Waals surface area (Å²) in [6.07, 6.45) is 3.83. The molecule has 5 nitrogen and oxygen atoms in total. The van der Waals surface area contributed by atoms with Crippen LogP contribution in [0.1, 0.15) is 12.0 Å². The van der Waals surface area contributed by atoms with E-state index in [-0.39, 0.29) is 5.75 Å². The normalized spacial score (nSPS) is 11.6. The highest BCUT2D eigenvalue weighted by Gasteiger charge is 2.13. The van der Waals surface area contributed by atoms with Gasteiger partial charge in [0, 0.05) is 12.7 Å². The fourth-order valence-electron chi connectivity index (χ4n) is 1.63. The van der Waals surface area contributed by atoms with E-state index in [0.29, 0.717) is 17.9 Å². The third kappa shape index (κ3) is 3.16.